The fraction of sp³-hybridized carbons (Fsp3) is 0.583. The van der Waals surface area contributed by atoms with Crippen LogP contribution in [0.25, 0.3) is 0 Å². The van der Waals surface area contributed by atoms with Crippen LogP contribution in [-0.2, 0) is 12.2 Å². The fourth-order valence-corrected chi connectivity index (χ4v) is 4.34. The number of aryl methyl sites for hydroxylation is 1. The van der Waals surface area contributed by atoms with Gasteiger partial charge >= 0.3 is 6.18 Å². The zero-order chi connectivity index (χ0) is 14.8. The van der Waals surface area contributed by atoms with Gasteiger partial charge in [0.15, 0.2) is 0 Å². The zero-order valence-corrected chi connectivity index (χ0v) is 12.2. The predicted octanol–water partition coefficient (Wildman–Crippen LogP) is 2.53. The van der Waals surface area contributed by atoms with Crippen LogP contribution in [0.5, 0.6) is 0 Å². The highest BCUT2D eigenvalue weighted by Crippen LogP contribution is 2.32. The van der Waals surface area contributed by atoms with Crippen molar-refractivity contribution in [2.75, 3.05) is 25.4 Å². The summed E-state index contributed by atoms with van der Waals surface area (Å²) >= 11 is 3.02. The number of carbonyl (C=O) groups excluding carboxylic acids is 1. The predicted molar refractivity (Wildman–Crippen MR) is 73.2 cm³/mol. The van der Waals surface area contributed by atoms with Crippen molar-refractivity contribution in [3.8, 4) is 0 Å². The standard InChI is InChI=1S/C12H14F3NO2S2/c13-12(14,15)7-16(2-3-17)11(18)10-5-8-6-19-4-1-9(8)20-10/h5,17H,1-4,6-7H2. The van der Waals surface area contributed by atoms with E-state index in [1.165, 1.54) is 11.3 Å². The lowest BCUT2D eigenvalue weighted by Crippen LogP contribution is -2.40. The summed E-state index contributed by atoms with van der Waals surface area (Å²) in [6.07, 6.45) is -3.60. The highest BCUT2D eigenvalue weighted by molar-refractivity contribution is 7.98. The van der Waals surface area contributed by atoms with Gasteiger partial charge in [0.2, 0.25) is 0 Å². The molecule has 1 amide bonds. The topological polar surface area (TPSA) is 40.5 Å². The molecule has 0 spiro atoms. The molecule has 0 saturated heterocycles. The summed E-state index contributed by atoms with van der Waals surface area (Å²) < 4.78 is 37.4. The van der Waals surface area contributed by atoms with Crippen LogP contribution in [-0.4, -0.2) is 47.5 Å². The highest BCUT2D eigenvalue weighted by atomic mass is 32.2. The quantitative estimate of drug-likeness (QED) is 0.925. The minimum Gasteiger partial charge on any atom is -0.395 e. The van der Waals surface area contributed by atoms with Crippen LogP contribution in [0.15, 0.2) is 6.07 Å². The maximum atomic E-state index is 12.5. The molecule has 0 saturated carbocycles. The number of thiophene rings is 1. The minimum absolute atomic E-state index is 0.310. The van der Waals surface area contributed by atoms with Crippen molar-refractivity contribution in [2.24, 2.45) is 0 Å². The molecule has 0 aromatic carbocycles. The molecule has 0 fully saturated rings. The summed E-state index contributed by atoms with van der Waals surface area (Å²) in [6, 6.07) is 1.69. The van der Waals surface area contributed by atoms with E-state index in [-0.39, 0.29) is 6.54 Å². The molecule has 1 aliphatic rings. The number of nitrogens with zero attached hydrogens (tertiary/aromatic N) is 1. The molecule has 1 N–H and O–H groups in total. The van der Waals surface area contributed by atoms with E-state index in [9.17, 15) is 18.0 Å². The summed E-state index contributed by atoms with van der Waals surface area (Å²) in [6.45, 7) is -2.12. The molecule has 0 radical (unpaired) electrons. The number of hydrogen-bond acceptors (Lipinski definition) is 4. The second-order valence-corrected chi connectivity index (χ2v) is 6.67. The zero-order valence-electron chi connectivity index (χ0n) is 10.6. The number of carbonyl (C=O) groups is 1. The van der Waals surface area contributed by atoms with Crippen molar-refractivity contribution in [3.63, 3.8) is 0 Å². The monoisotopic (exact) mass is 325 g/mol. The van der Waals surface area contributed by atoms with E-state index in [0.717, 1.165) is 28.4 Å². The molecule has 2 heterocycles. The third kappa shape index (κ3) is 3.89. The van der Waals surface area contributed by atoms with Gasteiger partial charge in [0, 0.05) is 17.2 Å². The smallest absolute Gasteiger partial charge is 0.395 e. The van der Waals surface area contributed by atoms with Crippen LogP contribution >= 0.6 is 23.1 Å². The van der Waals surface area contributed by atoms with E-state index >= 15 is 0 Å². The van der Waals surface area contributed by atoms with Gasteiger partial charge in [0.1, 0.15) is 6.54 Å². The molecular weight excluding hydrogens is 311 g/mol. The first-order valence-corrected chi connectivity index (χ1v) is 8.04. The highest BCUT2D eigenvalue weighted by Gasteiger charge is 2.33. The Bertz CT molecular complexity index is 464. The molecule has 3 nitrogen and oxygen atoms in total. The second-order valence-electron chi connectivity index (χ2n) is 4.43. The third-order valence-electron chi connectivity index (χ3n) is 2.87. The van der Waals surface area contributed by atoms with Crippen LogP contribution in [0.1, 0.15) is 20.1 Å². The van der Waals surface area contributed by atoms with Gasteiger partial charge in [0.05, 0.1) is 11.5 Å². The summed E-state index contributed by atoms with van der Waals surface area (Å²) in [5.41, 5.74) is 1.05. The second kappa shape index (κ2) is 6.36. The van der Waals surface area contributed by atoms with Gasteiger partial charge in [0.25, 0.3) is 5.91 Å². The van der Waals surface area contributed by atoms with Crippen molar-refractivity contribution in [1.82, 2.24) is 4.90 Å². The van der Waals surface area contributed by atoms with E-state index in [2.05, 4.69) is 0 Å². The van der Waals surface area contributed by atoms with Gasteiger partial charge in [-0.3, -0.25) is 4.79 Å². The number of hydrogen-bond donors (Lipinski definition) is 1. The number of aliphatic hydroxyl groups excluding tert-OH is 1. The first kappa shape index (κ1) is 15.7. The Kier molecular flexibility index (Phi) is 4.98. The van der Waals surface area contributed by atoms with Crippen LogP contribution in [0.4, 0.5) is 13.2 Å². The van der Waals surface area contributed by atoms with Crippen molar-refractivity contribution in [2.45, 2.75) is 18.3 Å². The third-order valence-corrected chi connectivity index (χ3v) is 5.10. The molecule has 0 unspecified atom stereocenters. The van der Waals surface area contributed by atoms with E-state index in [0.29, 0.717) is 9.78 Å². The Labute approximate surface area is 122 Å². The van der Waals surface area contributed by atoms with Crippen LogP contribution < -0.4 is 0 Å². The first-order valence-electron chi connectivity index (χ1n) is 6.07. The Hall–Kier alpha value is -0.730. The van der Waals surface area contributed by atoms with Crippen LogP contribution in [0.3, 0.4) is 0 Å². The summed E-state index contributed by atoms with van der Waals surface area (Å²) in [5, 5.41) is 8.83. The molecular formula is C12H14F3NO2S2. The van der Waals surface area contributed by atoms with E-state index in [1.54, 1.807) is 17.8 Å². The van der Waals surface area contributed by atoms with E-state index < -0.39 is 25.2 Å². The lowest BCUT2D eigenvalue weighted by Gasteiger charge is -2.22. The fourth-order valence-electron chi connectivity index (χ4n) is 2.00. The van der Waals surface area contributed by atoms with Crippen LogP contribution in [0.2, 0.25) is 0 Å². The number of rotatable bonds is 4. The van der Waals surface area contributed by atoms with Crippen molar-refractivity contribution in [1.29, 1.82) is 0 Å². The van der Waals surface area contributed by atoms with Gasteiger partial charge in [-0.15, -0.1) is 11.3 Å². The Balaban J connectivity index is 2.16. The lowest BCUT2D eigenvalue weighted by atomic mass is 10.2. The minimum atomic E-state index is -4.46. The van der Waals surface area contributed by atoms with Gasteiger partial charge in [-0.25, -0.2) is 0 Å². The maximum Gasteiger partial charge on any atom is 0.406 e. The van der Waals surface area contributed by atoms with Gasteiger partial charge in [-0.2, -0.15) is 24.9 Å². The normalized spacial score (nSPS) is 15.0. The number of thioether (sulfide) groups is 1. The summed E-state index contributed by atoms with van der Waals surface area (Å²) in [5.74, 6) is 1.13. The molecule has 0 aliphatic carbocycles. The molecule has 8 heteroatoms. The molecule has 1 aliphatic heterocycles. The molecule has 2 rings (SSSR count). The number of alkyl halides is 3. The number of fused-ring (bicyclic) bond motifs is 1. The van der Waals surface area contributed by atoms with Gasteiger partial charge in [-0.1, -0.05) is 0 Å². The number of aliphatic hydroxyl groups is 1. The summed E-state index contributed by atoms with van der Waals surface area (Å²) in [7, 11) is 0. The number of halogens is 3. The molecule has 112 valence electrons. The molecule has 1 aromatic rings. The average Bonchev–Trinajstić information content (AvgIpc) is 2.79. The van der Waals surface area contributed by atoms with Crippen LogP contribution in [0, 0.1) is 0 Å². The molecule has 0 bridgehead atoms. The molecule has 1 aromatic heterocycles. The van der Waals surface area contributed by atoms with Gasteiger partial charge in [-0.05, 0) is 23.8 Å². The Morgan fingerprint density at radius 2 is 2.20 bits per heavy atom. The maximum absolute atomic E-state index is 12.5. The van der Waals surface area contributed by atoms with Crippen molar-refractivity contribution in [3.05, 3.63) is 21.4 Å². The van der Waals surface area contributed by atoms with Crippen molar-refractivity contribution < 1.29 is 23.1 Å². The van der Waals surface area contributed by atoms with E-state index in [1.807, 2.05) is 0 Å². The van der Waals surface area contributed by atoms with Crippen molar-refractivity contribution >= 4 is 29.0 Å². The largest absolute Gasteiger partial charge is 0.406 e. The van der Waals surface area contributed by atoms with E-state index in [4.69, 9.17) is 5.11 Å². The number of amides is 1. The molecule has 0 atom stereocenters. The molecule has 20 heavy (non-hydrogen) atoms. The average molecular weight is 325 g/mol. The SMILES string of the molecule is O=C(c1cc2c(s1)CCSC2)N(CCO)CC(F)(F)F. The van der Waals surface area contributed by atoms with Gasteiger partial charge < -0.3 is 10.0 Å². The Morgan fingerprint density at radius 3 is 2.80 bits per heavy atom. The first-order chi connectivity index (χ1) is 9.40. The lowest BCUT2D eigenvalue weighted by molar-refractivity contribution is -0.141. The summed E-state index contributed by atoms with van der Waals surface area (Å²) in [4.78, 5) is 14.2. The Morgan fingerprint density at radius 1 is 1.45 bits per heavy atom.